The number of hydrogen-bond acceptors (Lipinski definition) is 8. The van der Waals surface area contributed by atoms with Crippen LogP contribution in [0, 0.1) is 0 Å². The first kappa shape index (κ1) is 29.4. The number of amides is 2. The Hall–Kier alpha value is -3.65. The van der Waals surface area contributed by atoms with E-state index in [1.54, 1.807) is 30.3 Å². The Kier molecular flexibility index (Phi) is 11.2. The van der Waals surface area contributed by atoms with E-state index in [2.05, 4.69) is 15.4 Å². The first-order valence-corrected chi connectivity index (χ1v) is 10.7. The quantitative estimate of drug-likeness (QED) is 0.329. The predicted octanol–water partition coefficient (Wildman–Crippen LogP) is 1.81. The van der Waals surface area contributed by atoms with Gasteiger partial charge in [0.15, 0.2) is 0 Å². The number of carboxylic acids is 1. The molecule has 1 aromatic carbocycles. The number of nitrogens with one attached hydrogen (secondary N) is 2. The number of esters is 1. The number of aliphatic carboxylic acids is 1. The van der Waals surface area contributed by atoms with Crippen LogP contribution in [0.3, 0.4) is 0 Å². The number of aromatic hydroxyl groups is 1. The van der Waals surface area contributed by atoms with Gasteiger partial charge in [-0.05, 0) is 35.7 Å². The number of carbonyl (C=O) groups is 4. The van der Waals surface area contributed by atoms with E-state index in [0.29, 0.717) is 21.7 Å². The van der Waals surface area contributed by atoms with Crippen molar-refractivity contribution in [1.29, 1.82) is 0 Å². The number of nitrogens with two attached hydrogens (primary N) is 1. The molecule has 192 valence electrons. The van der Waals surface area contributed by atoms with Crippen LogP contribution >= 0.6 is 11.3 Å². The number of halogens is 3. The molecule has 14 heteroatoms. The average molecular weight is 519 g/mol. The van der Waals surface area contributed by atoms with Crippen LogP contribution in [0.2, 0.25) is 0 Å². The number of thiophene rings is 1. The van der Waals surface area contributed by atoms with Crippen molar-refractivity contribution in [3.63, 3.8) is 0 Å². The van der Waals surface area contributed by atoms with Crippen molar-refractivity contribution in [2.75, 3.05) is 13.7 Å². The number of alkyl halides is 3. The largest absolute Gasteiger partial charge is 0.508 e. The Morgan fingerprint density at radius 2 is 1.80 bits per heavy atom. The molecule has 0 aliphatic rings. The summed E-state index contributed by atoms with van der Waals surface area (Å²) < 4.78 is 36.3. The van der Waals surface area contributed by atoms with Crippen molar-refractivity contribution in [3.8, 4) is 5.75 Å². The van der Waals surface area contributed by atoms with E-state index in [-0.39, 0.29) is 24.7 Å². The molecule has 0 radical (unpaired) electrons. The van der Waals surface area contributed by atoms with Crippen molar-refractivity contribution < 1.29 is 47.3 Å². The molecule has 10 nitrogen and oxygen atoms in total. The molecular formula is C21H24F3N3O7S. The number of rotatable bonds is 8. The molecule has 6 N–H and O–H groups in total. The fourth-order valence-corrected chi connectivity index (χ4v) is 3.58. The second-order valence-corrected chi connectivity index (χ2v) is 7.81. The summed E-state index contributed by atoms with van der Waals surface area (Å²) >= 11 is 1.04. The lowest BCUT2D eigenvalue weighted by atomic mass is 10.1. The molecule has 2 amide bonds. The summed E-state index contributed by atoms with van der Waals surface area (Å²) in [7, 11) is 1.22. The number of phenolic OH excluding ortho intramolecular Hbond substituents is 1. The van der Waals surface area contributed by atoms with E-state index in [1.165, 1.54) is 7.11 Å². The summed E-state index contributed by atoms with van der Waals surface area (Å²) in [5.41, 5.74) is 6.96. The molecule has 0 saturated heterocycles. The topological polar surface area (TPSA) is 168 Å². The second-order valence-electron chi connectivity index (χ2n) is 6.76. The van der Waals surface area contributed by atoms with Gasteiger partial charge in [-0.25, -0.2) is 9.59 Å². The molecular weight excluding hydrogens is 495 g/mol. The van der Waals surface area contributed by atoms with Crippen LogP contribution in [0.5, 0.6) is 5.75 Å². The third kappa shape index (κ3) is 9.25. The Labute approximate surface area is 201 Å². The van der Waals surface area contributed by atoms with Gasteiger partial charge in [0, 0.05) is 13.1 Å². The minimum atomic E-state index is -5.08. The predicted molar refractivity (Wildman–Crippen MR) is 119 cm³/mol. The van der Waals surface area contributed by atoms with Crippen molar-refractivity contribution in [1.82, 2.24) is 10.6 Å². The number of ether oxygens (including phenoxy) is 1. The number of aryl methyl sites for hydroxylation is 1. The van der Waals surface area contributed by atoms with Gasteiger partial charge in [-0.1, -0.05) is 19.1 Å². The lowest BCUT2D eigenvalue weighted by molar-refractivity contribution is -0.192. The highest BCUT2D eigenvalue weighted by molar-refractivity contribution is 7.16. The zero-order valence-electron chi connectivity index (χ0n) is 18.6. The number of carbonyl (C=O) groups excluding carboxylic acids is 3. The van der Waals surface area contributed by atoms with E-state index < -0.39 is 30.1 Å². The fraction of sp³-hybridized carbons (Fsp3) is 0.333. The average Bonchev–Trinajstić information content (AvgIpc) is 3.25. The molecule has 0 aliphatic heterocycles. The third-order valence-corrected chi connectivity index (χ3v) is 5.43. The third-order valence-electron chi connectivity index (χ3n) is 4.25. The zero-order chi connectivity index (χ0) is 26.8. The first-order chi connectivity index (χ1) is 16.3. The number of benzene rings is 1. The highest BCUT2D eigenvalue weighted by Crippen LogP contribution is 2.24. The molecule has 2 rings (SSSR count). The lowest BCUT2D eigenvalue weighted by Gasteiger charge is -2.14. The first-order valence-electron chi connectivity index (χ1n) is 9.91. The Bertz CT molecular complexity index is 1060. The van der Waals surface area contributed by atoms with Gasteiger partial charge in [-0.15, -0.1) is 11.3 Å². The molecule has 0 aliphatic carbocycles. The van der Waals surface area contributed by atoms with Crippen LogP contribution in [-0.2, 0) is 27.3 Å². The van der Waals surface area contributed by atoms with Gasteiger partial charge in [0.05, 0.1) is 16.9 Å². The fourth-order valence-electron chi connectivity index (χ4n) is 2.51. The van der Waals surface area contributed by atoms with Crippen molar-refractivity contribution in [3.05, 3.63) is 51.2 Å². The van der Waals surface area contributed by atoms with E-state index >= 15 is 0 Å². The molecule has 1 aromatic heterocycles. The summed E-state index contributed by atoms with van der Waals surface area (Å²) in [5.74, 6) is -4.07. The summed E-state index contributed by atoms with van der Waals surface area (Å²) in [4.78, 5) is 46.2. The van der Waals surface area contributed by atoms with Crippen LogP contribution in [0.15, 0.2) is 30.3 Å². The van der Waals surface area contributed by atoms with Gasteiger partial charge in [0.2, 0.25) is 0 Å². The summed E-state index contributed by atoms with van der Waals surface area (Å²) in [6, 6.07) is 7.29. The maximum Gasteiger partial charge on any atom is 0.490 e. The van der Waals surface area contributed by atoms with Gasteiger partial charge < -0.3 is 31.3 Å². The van der Waals surface area contributed by atoms with Crippen molar-refractivity contribution >= 4 is 35.1 Å². The van der Waals surface area contributed by atoms with Crippen LogP contribution < -0.4 is 16.4 Å². The summed E-state index contributed by atoms with van der Waals surface area (Å²) in [5, 5.41) is 21.9. The van der Waals surface area contributed by atoms with E-state index in [4.69, 9.17) is 15.6 Å². The summed E-state index contributed by atoms with van der Waals surface area (Å²) in [6.45, 7) is 2.02. The van der Waals surface area contributed by atoms with Gasteiger partial charge in [-0.3, -0.25) is 9.59 Å². The van der Waals surface area contributed by atoms with Crippen molar-refractivity contribution in [2.24, 2.45) is 5.73 Å². The molecule has 2 aromatic rings. The Balaban J connectivity index is 0.000000762. The molecule has 0 bridgehead atoms. The van der Waals surface area contributed by atoms with Gasteiger partial charge in [0.1, 0.15) is 11.8 Å². The standard InChI is InChI=1S/C19H23N3O5S.C2HF3O2/c1-3-12-8-15(17(24)21-10-11-5-4-6-13(23)7-11)28-16(12)18(25)22-14(9-20)19(26)27-2;3-2(4,5)1(6)7/h4-8,14,23H,3,9-10,20H2,1-2H3,(H,21,24)(H,22,25);(H,6,7)/t14-;/m0./s1. The Morgan fingerprint density at radius 1 is 1.17 bits per heavy atom. The zero-order valence-corrected chi connectivity index (χ0v) is 19.5. The Morgan fingerprint density at radius 3 is 2.29 bits per heavy atom. The van der Waals surface area contributed by atoms with E-state index in [9.17, 15) is 32.7 Å². The molecule has 0 fully saturated rings. The molecule has 1 heterocycles. The number of methoxy groups -OCH3 is 1. The van der Waals surface area contributed by atoms with E-state index in [1.807, 2.05) is 6.92 Å². The van der Waals surface area contributed by atoms with Gasteiger partial charge in [-0.2, -0.15) is 13.2 Å². The smallest absolute Gasteiger partial charge is 0.490 e. The maximum absolute atomic E-state index is 12.5. The summed E-state index contributed by atoms with van der Waals surface area (Å²) in [6.07, 6.45) is -4.54. The highest BCUT2D eigenvalue weighted by Gasteiger charge is 2.38. The van der Waals surface area contributed by atoms with Gasteiger partial charge >= 0.3 is 18.1 Å². The monoisotopic (exact) mass is 519 g/mol. The molecule has 1 atom stereocenters. The molecule has 35 heavy (non-hydrogen) atoms. The van der Waals surface area contributed by atoms with Crippen LogP contribution in [0.1, 0.15) is 37.4 Å². The highest BCUT2D eigenvalue weighted by atomic mass is 32.1. The van der Waals surface area contributed by atoms with Gasteiger partial charge in [0.25, 0.3) is 11.8 Å². The molecule has 0 saturated carbocycles. The minimum Gasteiger partial charge on any atom is -0.508 e. The number of phenols is 1. The van der Waals surface area contributed by atoms with Crippen molar-refractivity contribution in [2.45, 2.75) is 32.1 Å². The SMILES string of the molecule is CCc1cc(C(=O)NCc2cccc(O)c2)sc1C(=O)N[C@@H](CN)C(=O)OC.O=C(O)C(F)(F)F. The van der Waals surface area contributed by atoms with Crippen LogP contribution in [0.4, 0.5) is 13.2 Å². The molecule has 0 unspecified atom stereocenters. The maximum atomic E-state index is 12.5. The number of hydrogen-bond donors (Lipinski definition) is 5. The van der Waals surface area contributed by atoms with Crippen LogP contribution in [-0.4, -0.2) is 59.8 Å². The number of carboxylic acid groups (broad SMARTS) is 1. The lowest BCUT2D eigenvalue weighted by Crippen LogP contribution is -2.46. The van der Waals surface area contributed by atoms with Crippen LogP contribution in [0.25, 0.3) is 0 Å². The minimum absolute atomic E-state index is 0.0947. The van der Waals surface area contributed by atoms with E-state index in [0.717, 1.165) is 16.9 Å². The normalized spacial score (nSPS) is 11.5. The second kappa shape index (κ2) is 13.3. The molecule has 0 spiro atoms.